The van der Waals surface area contributed by atoms with E-state index < -0.39 is 0 Å². The highest BCUT2D eigenvalue weighted by Crippen LogP contribution is 2.05. The Labute approximate surface area is 114 Å². The summed E-state index contributed by atoms with van der Waals surface area (Å²) in [6.07, 6.45) is 2.67. The van der Waals surface area contributed by atoms with Gasteiger partial charge in [-0.1, -0.05) is 13.8 Å². The van der Waals surface area contributed by atoms with Crippen LogP contribution in [0.15, 0.2) is 0 Å². The number of rotatable bonds is 8. The van der Waals surface area contributed by atoms with E-state index in [2.05, 4.69) is 42.8 Å². The molecular formula is C15H33N3. The predicted molar refractivity (Wildman–Crippen MR) is 80.1 cm³/mol. The van der Waals surface area contributed by atoms with Crippen molar-refractivity contribution in [2.24, 2.45) is 5.92 Å². The van der Waals surface area contributed by atoms with Crippen LogP contribution in [0.4, 0.5) is 0 Å². The highest BCUT2D eigenvalue weighted by molar-refractivity contribution is 4.74. The second kappa shape index (κ2) is 8.89. The summed E-state index contributed by atoms with van der Waals surface area (Å²) in [6.45, 7) is 17.7. The van der Waals surface area contributed by atoms with Gasteiger partial charge in [-0.15, -0.1) is 0 Å². The van der Waals surface area contributed by atoms with E-state index in [1.54, 1.807) is 0 Å². The highest BCUT2D eigenvalue weighted by atomic mass is 15.3. The Hall–Kier alpha value is -0.120. The summed E-state index contributed by atoms with van der Waals surface area (Å²) in [4.78, 5) is 5.17. The molecule has 1 heterocycles. The van der Waals surface area contributed by atoms with Crippen LogP contribution in [0.5, 0.6) is 0 Å². The zero-order chi connectivity index (χ0) is 13.4. The molecule has 3 nitrogen and oxygen atoms in total. The summed E-state index contributed by atoms with van der Waals surface area (Å²) in [5.41, 5.74) is 0. The lowest BCUT2D eigenvalue weighted by molar-refractivity contribution is 0.109. The van der Waals surface area contributed by atoms with Gasteiger partial charge < -0.3 is 5.32 Å². The van der Waals surface area contributed by atoms with Crippen LogP contribution in [0.1, 0.15) is 40.5 Å². The minimum Gasteiger partial charge on any atom is -0.315 e. The Kier molecular flexibility index (Phi) is 7.87. The first-order valence-corrected chi connectivity index (χ1v) is 7.76. The molecule has 0 aliphatic carbocycles. The van der Waals surface area contributed by atoms with Crippen LogP contribution in [-0.4, -0.2) is 61.7 Å². The van der Waals surface area contributed by atoms with Gasteiger partial charge in [0.15, 0.2) is 0 Å². The van der Waals surface area contributed by atoms with Crippen molar-refractivity contribution in [2.45, 2.75) is 46.6 Å². The van der Waals surface area contributed by atoms with E-state index in [1.165, 1.54) is 52.1 Å². The summed E-state index contributed by atoms with van der Waals surface area (Å²) < 4.78 is 0. The van der Waals surface area contributed by atoms with Gasteiger partial charge in [0.25, 0.3) is 0 Å². The number of hydrogen-bond acceptors (Lipinski definition) is 3. The molecule has 1 aliphatic rings. The Morgan fingerprint density at radius 1 is 0.944 bits per heavy atom. The molecule has 0 amide bonds. The first-order valence-electron chi connectivity index (χ1n) is 7.76. The fraction of sp³-hybridized carbons (Fsp3) is 1.00. The predicted octanol–water partition coefficient (Wildman–Crippen LogP) is 2.04. The van der Waals surface area contributed by atoms with E-state index in [4.69, 9.17) is 0 Å². The average molecular weight is 255 g/mol. The molecule has 1 aliphatic heterocycles. The van der Waals surface area contributed by atoms with Crippen LogP contribution < -0.4 is 5.32 Å². The van der Waals surface area contributed by atoms with E-state index in [-0.39, 0.29) is 0 Å². The van der Waals surface area contributed by atoms with Crippen molar-refractivity contribution in [3.8, 4) is 0 Å². The Balaban J connectivity index is 1.95. The van der Waals surface area contributed by atoms with Crippen LogP contribution in [0.3, 0.4) is 0 Å². The van der Waals surface area contributed by atoms with Crippen molar-refractivity contribution in [1.82, 2.24) is 15.1 Å². The van der Waals surface area contributed by atoms with Crippen LogP contribution >= 0.6 is 0 Å². The topological polar surface area (TPSA) is 18.5 Å². The first-order chi connectivity index (χ1) is 8.59. The van der Waals surface area contributed by atoms with E-state index in [9.17, 15) is 0 Å². The lowest BCUT2D eigenvalue weighted by Gasteiger charge is -2.36. The van der Waals surface area contributed by atoms with E-state index >= 15 is 0 Å². The van der Waals surface area contributed by atoms with Gasteiger partial charge in [0.1, 0.15) is 0 Å². The fourth-order valence-electron chi connectivity index (χ4n) is 2.50. The van der Waals surface area contributed by atoms with Crippen molar-refractivity contribution in [3.63, 3.8) is 0 Å². The van der Waals surface area contributed by atoms with Gasteiger partial charge in [-0.2, -0.15) is 0 Å². The summed E-state index contributed by atoms with van der Waals surface area (Å²) in [6, 6.07) is 0.710. The first kappa shape index (κ1) is 15.9. The molecule has 1 rings (SSSR count). The summed E-state index contributed by atoms with van der Waals surface area (Å²) >= 11 is 0. The molecule has 1 saturated heterocycles. The van der Waals surface area contributed by atoms with Gasteiger partial charge in [-0.05, 0) is 39.2 Å². The van der Waals surface area contributed by atoms with Crippen molar-refractivity contribution in [2.75, 3.05) is 45.8 Å². The molecular weight excluding hydrogens is 222 g/mol. The third kappa shape index (κ3) is 6.72. The molecule has 0 radical (unpaired) electrons. The molecule has 0 aromatic heterocycles. The molecule has 0 aromatic rings. The van der Waals surface area contributed by atoms with Crippen LogP contribution in [0.25, 0.3) is 0 Å². The van der Waals surface area contributed by atoms with Gasteiger partial charge >= 0.3 is 0 Å². The summed E-state index contributed by atoms with van der Waals surface area (Å²) in [5, 5.41) is 3.57. The molecule has 0 aromatic carbocycles. The van der Waals surface area contributed by atoms with Crippen molar-refractivity contribution >= 4 is 0 Å². The molecule has 1 fully saturated rings. The lowest BCUT2D eigenvalue weighted by atomic mass is 10.1. The number of nitrogens with one attached hydrogen (secondary N) is 1. The third-order valence-corrected chi connectivity index (χ3v) is 3.88. The van der Waals surface area contributed by atoms with Gasteiger partial charge in [0.2, 0.25) is 0 Å². The molecule has 108 valence electrons. The van der Waals surface area contributed by atoms with E-state index in [0.29, 0.717) is 6.04 Å². The summed E-state index contributed by atoms with van der Waals surface area (Å²) in [7, 11) is 0. The average Bonchev–Trinajstić information content (AvgIpc) is 2.34. The zero-order valence-electron chi connectivity index (χ0n) is 12.9. The van der Waals surface area contributed by atoms with E-state index in [0.717, 1.165) is 12.5 Å². The Morgan fingerprint density at radius 2 is 1.61 bits per heavy atom. The number of piperazine rings is 1. The number of nitrogens with zero attached hydrogens (tertiary/aromatic N) is 2. The molecule has 0 spiro atoms. The van der Waals surface area contributed by atoms with Crippen LogP contribution in [0.2, 0.25) is 0 Å². The summed E-state index contributed by atoms with van der Waals surface area (Å²) in [5.74, 6) is 0.843. The lowest BCUT2D eigenvalue weighted by Crippen LogP contribution is -2.50. The fourth-order valence-corrected chi connectivity index (χ4v) is 2.50. The quantitative estimate of drug-likeness (QED) is 0.670. The van der Waals surface area contributed by atoms with Gasteiger partial charge in [-0.25, -0.2) is 0 Å². The maximum absolute atomic E-state index is 3.57. The minimum absolute atomic E-state index is 0.710. The van der Waals surface area contributed by atoms with Gasteiger partial charge in [-0.3, -0.25) is 9.80 Å². The standard InChI is InChI=1S/C15H33N3/c1-14(2)6-5-7-16-8-9-17-10-12-18(13-11-17)15(3)4/h14-16H,5-13H2,1-4H3. The monoisotopic (exact) mass is 255 g/mol. The highest BCUT2D eigenvalue weighted by Gasteiger charge is 2.17. The molecule has 1 N–H and O–H groups in total. The molecule has 0 unspecified atom stereocenters. The van der Waals surface area contributed by atoms with Crippen LogP contribution in [0, 0.1) is 5.92 Å². The minimum atomic E-state index is 0.710. The number of hydrogen-bond donors (Lipinski definition) is 1. The normalized spacial score (nSPS) is 19.0. The van der Waals surface area contributed by atoms with Crippen LogP contribution in [-0.2, 0) is 0 Å². The maximum Gasteiger partial charge on any atom is 0.0113 e. The maximum atomic E-state index is 3.57. The Bertz CT molecular complexity index is 196. The molecule has 0 bridgehead atoms. The van der Waals surface area contributed by atoms with Gasteiger partial charge in [0, 0.05) is 45.3 Å². The molecule has 0 atom stereocenters. The third-order valence-electron chi connectivity index (χ3n) is 3.88. The van der Waals surface area contributed by atoms with Crippen molar-refractivity contribution in [1.29, 1.82) is 0 Å². The molecule has 3 heteroatoms. The zero-order valence-corrected chi connectivity index (χ0v) is 12.9. The van der Waals surface area contributed by atoms with Crippen molar-refractivity contribution in [3.05, 3.63) is 0 Å². The van der Waals surface area contributed by atoms with Gasteiger partial charge in [0.05, 0.1) is 0 Å². The largest absolute Gasteiger partial charge is 0.315 e. The molecule has 18 heavy (non-hydrogen) atoms. The van der Waals surface area contributed by atoms with Crippen molar-refractivity contribution < 1.29 is 0 Å². The second-order valence-corrected chi connectivity index (χ2v) is 6.26. The SMILES string of the molecule is CC(C)CCCNCCN1CCN(C(C)C)CC1. The van der Waals surface area contributed by atoms with E-state index in [1.807, 2.05) is 0 Å². The smallest absolute Gasteiger partial charge is 0.0113 e. The second-order valence-electron chi connectivity index (χ2n) is 6.26. The Morgan fingerprint density at radius 3 is 2.17 bits per heavy atom. The molecule has 0 saturated carbocycles.